The first-order chi connectivity index (χ1) is 41.8. The van der Waals surface area contributed by atoms with Gasteiger partial charge in [-0.05, 0) is 44.9 Å². The number of amides is 1. The molecule has 0 aromatic carbocycles. The number of hydrogen-bond acceptors (Lipinski definition) is 18. The fourth-order valence-electron chi connectivity index (χ4n) is 11.8. The van der Waals surface area contributed by atoms with E-state index < -0.39 is 124 Å². The highest BCUT2D eigenvalue weighted by molar-refractivity contribution is 5.76. The summed E-state index contributed by atoms with van der Waals surface area (Å²) in [6, 6.07) is -0.974. The van der Waals surface area contributed by atoms with Crippen LogP contribution in [-0.4, -0.2) is 193 Å². The maximum Gasteiger partial charge on any atom is 0.220 e. The molecule has 17 unspecified atom stereocenters. The van der Waals surface area contributed by atoms with E-state index in [9.17, 15) is 61.0 Å². The second-order valence-corrected chi connectivity index (χ2v) is 25.0. The number of aliphatic hydroxyl groups excluding tert-OH is 11. The van der Waals surface area contributed by atoms with Crippen LogP contribution in [-0.2, 0) is 33.2 Å². The second-order valence-electron chi connectivity index (χ2n) is 25.0. The Kier molecular flexibility index (Phi) is 45.6. The maximum atomic E-state index is 13.4. The molecular formula is C67H125NO18. The molecule has 0 aromatic rings. The van der Waals surface area contributed by atoms with Gasteiger partial charge in [-0.2, -0.15) is 0 Å². The van der Waals surface area contributed by atoms with Crippen molar-refractivity contribution in [3.05, 3.63) is 24.3 Å². The first-order valence-electron chi connectivity index (χ1n) is 34.6. The molecule has 506 valence electrons. The predicted octanol–water partition coefficient (Wildman–Crippen LogP) is 8.66. The Morgan fingerprint density at radius 2 is 0.733 bits per heavy atom. The van der Waals surface area contributed by atoms with Gasteiger partial charge in [-0.15, -0.1) is 0 Å². The standard InChI is InChI=1S/C67H125NO18/c1-3-5-7-9-11-13-15-17-19-21-22-23-24-25-26-27-29-30-32-34-36-38-40-42-44-51(72)50(68-55(73)45-43-41-39-37-35-33-31-28-20-18-16-14-12-10-8-6-4-2)49-81-65-61(79)58(76)63(53(47-70)83-65)86-67-62(80)59(77)64(54(48-71)84-67)85-66-60(78)57(75)56(74)52(46-69)82-66/h18,20,42,44,50-54,56-67,69-72,74-80H,3-17,19,21-41,43,45-49H2,1-2H3,(H,68,73)/b20-18-,44-42+. The van der Waals surface area contributed by atoms with Gasteiger partial charge in [-0.25, -0.2) is 0 Å². The van der Waals surface area contributed by atoms with Gasteiger partial charge in [0.1, 0.15) is 73.2 Å². The monoisotopic (exact) mass is 1230 g/mol. The Morgan fingerprint density at radius 1 is 0.407 bits per heavy atom. The van der Waals surface area contributed by atoms with E-state index in [1.165, 1.54) is 180 Å². The van der Waals surface area contributed by atoms with E-state index in [-0.39, 0.29) is 18.9 Å². The highest BCUT2D eigenvalue weighted by Gasteiger charge is 2.53. The third kappa shape index (κ3) is 32.0. The molecule has 0 saturated carbocycles. The second kappa shape index (κ2) is 49.9. The van der Waals surface area contributed by atoms with Crippen molar-refractivity contribution in [1.82, 2.24) is 5.32 Å². The van der Waals surface area contributed by atoms with Crippen LogP contribution in [0.25, 0.3) is 0 Å². The summed E-state index contributed by atoms with van der Waals surface area (Å²) in [5.74, 6) is -0.277. The lowest BCUT2D eigenvalue weighted by atomic mass is 9.96. The van der Waals surface area contributed by atoms with Crippen LogP contribution in [0.15, 0.2) is 24.3 Å². The molecule has 0 radical (unpaired) electrons. The molecule has 0 bridgehead atoms. The highest BCUT2D eigenvalue weighted by Crippen LogP contribution is 2.33. The Hall–Kier alpha value is -1.73. The quantitative estimate of drug-likeness (QED) is 0.0200. The van der Waals surface area contributed by atoms with E-state index in [0.717, 1.165) is 57.8 Å². The molecule has 0 spiro atoms. The van der Waals surface area contributed by atoms with E-state index >= 15 is 0 Å². The molecule has 86 heavy (non-hydrogen) atoms. The molecule has 19 nitrogen and oxygen atoms in total. The molecule has 12 N–H and O–H groups in total. The predicted molar refractivity (Wildman–Crippen MR) is 333 cm³/mol. The summed E-state index contributed by atoms with van der Waals surface area (Å²) < 4.78 is 34.3. The van der Waals surface area contributed by atoms with Crippen molar-refractivity contribution in [2.24, 2.45) is 0 Å². The molecule has 19 heteroatoms. The van der Waals surface area contributed by atoms with Gasteiger partial charge < -0.3 is 89.9 Å². The van der Waals surface area contributed by atoms with Crippen molar-refractivity contribution >= 4 is 5.91 Å². The Labute approximate surface area is 518 Å². The average molecular weight is 1230 g/mol. The minimum atomic E-state index is -1.98. The van der Waals surface area contributed by atoms with Gasteiger partial charge in [0.25, 0.3) is 0 Å². The van der Waals surface area contributed by atoms with Gasteiger partial charge in [-0.3, -0.25) is 4.79 Å². The molecular weight excluding hydrogens is 1110 g/mol. The van der Waals surface area contributed by atoms with Gasteiger partial charge >= 0.3 is 0 Å². The van der Waals surface area contributed by atoms with Crippen molar-refractivity contribution in [1.29, 1.82) is 0 Å². The molecule has 17 atom stereocenters. The molecule has 3 aliphatic heterocycles. The Balaban J connectivity index is 1.45. The number of ether oxygens (including phenoxy) is 6. The fraction of sp³-hybridized carbons (Fsp3) is 0.925. The van der Waals surface area contributed by atoms with Crippen LogP contribution in [0.3, 0.4) is 0 Å². The summed E-state index contributed by atoms with van der Waals surface area (Å²) in [6.07, 6.45) is 28.6. The summed E-state index contributed by atoms with van der Waals surface area (Å²) in [5.41, 5.74) is 0. The van der Waals surface area contributed by atoms with Crippen LogP contribution in [0, 0.1) is 0 Å². The molecule has 3 aliphatic rings. The molecule has 3 heterocycles. The number of unbranched alkanes of at least 4 members (excludes halogenated alkanes) is 35. The molecule has 0 aromatic heterocycles. The first-order valence-corrected chi connectivity index (χ1v) is 34.6. The van der Waals surface area contributed by atoms with Crippen molar-refractivity contribution in [3.63, 3.8) is 0 Å². The summed E-state index contributed by atoms with van der Waals surface area (Å²) in [4.78, 5) is 13.4. The van der Waals surface area contributed by atoms with Crippen LogP contribution >= 0.6 is 0 Å². The van der Waals surface area contributed by atoms with Crippen LogP contribution in [0.1, 0.15) is 264 Å². The Morgan fingerprint density at radius 3 is 1.13 bits per heavy atom. The molecule has 0 aliphatic carbocycles. The third-order valence-corrected chi connectivity index (χ3v) is 17.5. The van der Waals surface area contributed by atoms with Gasteiger partial charge in [0.15, 0.2) is 18.9 Å². The van der Waals surface area contributed by atoms with Gasteiger partial charge in [0, 0.05) is 6.42 Å². The van der Waals surface area contributed by atoms with E-state index in [4.69, 9.17) is 28.4 Å². The van der Waals surface area contributed by atoms with Crippen LogP contribution < -0.4 is 5.32 Å². The number of aliphatic hydroxyl groups is 11. The lowest BCUT2D eigenvalue weighted by Crippen LogP contribution is -2.66. The van der Waals surface area contributed by atoms with Gasteiger partial charge in [-0.1, -0.05) is 237 Å². The molecule has 1 amide bonds. The van der Waals surface area contributed by atoms with E-state index in [0.29, 0.717) is 6.42 Å². The first kappa shape index (κ1) is 78.5. The molecule has 3 fully saturated rings. The Bertz CT molecular complexity index is 1660. The van der Waals surface area contributed by atoms with Crippen LogP contribution in [0.5, 0.6) is 0 Å². The number of nitrogens with one attached hydrogen (secondary N) is 1. The van der Waals surface area contributed by atoms with E-state index in [2.05, 4.69) is 31.3 Å². The van der Waals surface area contributed by atoms with Crippen LogP contribution in [0.4, 0.5) is 0 Å². The number of carbonyl (C=O) groups excluding carboxylic acids is 1. The highest BCUT2D eigenvalue weighted by atomic mass is 16.8. The van der Waals surface area contributed by atoms with Crippen LogP contribution in [0.2, 0.25) is 0 Å². The summed E-state index contributed by atoms with van der Waals surface area (Å²) in [7, 11) is 0. The molecule has 3 rings (SSSR count). The summed E-state index contributed by atoms with van der Waals surface area (Å²) in [6.45, 7) is 1.75. The number of allylic oxidation sites excluding steroid dienone is 3. The van der Waals surface area contributed by atoms with E-state index in [1.54, 1.807) is 6.08 Å². The minimum Gasteiger partial charge on any atom is -0.394 e. The summed E-state index contributed by atoms with van der Waals surface area (Å²) >= 11 is 0. The maximum absolute atomic E-state index is 13.4. The largest absolute Gasteiger partial charge is 0.394 e. The van der Waals surface area contributed by atoms with Crippen molar-refractivity contribution in [2.45, 2.75) is 369 Å². The zero-order valence-corrected chi connectivity index (χ0v) is 53.3. The topological polar surface area (TPSA) is 307 Å². The third-order valence-electron chi connectivity index (χ3n) is 17.5. The van der Waals surface area contributed by atoms with Crippen molar-refractivity contribution in [2.75, 3.05) is 26.4 Å². The molecule has 3 saturated heterocycles. The lowest BCUT2D eigenvalue weighted by Gasteiger charge is -2.48. The lowest BCUT2D eigenvalue weighted by molar-refractivity contribution is -0.379. The smallest absolute Gasteiger partial charge is 0.220 e. The number of carbonyl (C=O) groups is 1. The average Bonchev–Trinajstić information content (AvgIpc) is 2.24. The van der Waals surface area contributed by atoms with Crippen molar-refractivity contribution < 1.29 is 89.4 Å². The number of rotatable bonds is 53. The fourth-order valence-corrected chi connectivity index (χ4v) is 11.8. The summed E-state index contributed by atoms with van der Waals surface area (Å²) in [5, 5.41) is 120. The van der Waals surface area contributed by atoms with Gasteiger partial charge in [0.2, 0.25) is 5.91 Å². The van der Waals surface area contributed by atoms with Gasteiger partial charge in [0.05, 0.1) is 38.6 Å². The zero-order valence-electron chi connectivity index (χ0n) is 53.3. The zero-order chi connectivity index (χ0) is 62.6. The normalized spacial score (nSPS) is 28.9. The number of hydrogen-bond donors (Lipinski definition) is 12. The van der Waals surface area contributed by atoms with Crippen molar-refractivity contribution in [3.8, 4) is 0 Å². The van der Waals surface area contributed by atoms with E-state index in [1.807, 2.05) is 6.08 Å². The minimum absolute atomic E-state index is 0.240. The SMILES string of the molecule is CCCCCCCC/C=C\CCCCCCCCCC(=O)NC(COC1OC(CO)C(OC2OC(CO)C(OC3OC(CO)C(O)C(O)C3O)C(O)C2O)C(O)C1O)C(O)/C=C/CCCCCCCCCCCCCCCCCCCCCCCC.